The highest BCUT2D eigenvalue weighted by atomic mass is 16.3. The maximum absolute atomic E-state index is 10.8. The highest BCUT2D eigenvalue weighted by Gasteiger charge is 2.18. The molecule has 1 heterocycles. The lowest BCUT2D eigenvalue weighted by atomic mass is 10.1. The Kier molecular flexibility index (Phi) is 2.84. The Morgan fingerprint density at radius 1 is 1.45 bits per heavy atom. The number of amides is 1. The molecule has 0 spiro atoms. The Bertz CT molecular complexity index is 141. The van der Waals surface area contributed by atoms with E-state index >= 15 is 0 Å². The Hall–Kier alpha value is -0.610. The number of carbonyl (C=O) groups excluding carboxylic acids is 1. The van der Waals surface area contributed by atoms with Crippen LogP contribution < -0.4 is 5.73 Å². The van der Waals surface area contributed by atoms with Crippen LogP contribution in [0.2, 0.25) is 0 Å². The van der Waals surface area contributed by atoms with Gasteiger partial charge >= 0.3 is 0 Å². The van der Waals surface area contributed by atoms with Crippen molar-refractivity contribution in [1.29, 1.82) is 0 Å². The minimum atomic E-state index is -0.431. The van der Waals surface area contributed by atoms with Gasteiger partial charge < -0.3 is 5.73 Å². The molecule has 11 heavy (non-hydrogen) atoms. The second-order valence-electron chi connectivity index (χ2n) is 2.94. The fourth-order valence-corrected chi connectivity index (χ4v) is 1.29. The summed E-state index contributed by atoms with van der Waals surface area (Å²) >= 11 is 0. The molecule has 63 valence electrons. The van der Waals surface area contributed by atoms with E-state index in [0.717, 1.165) is 13.1 Å². The molecule has 4 nitrogen and oxygen atoms in total. The monoisotopic (exact) mass is 157 g/mol. The predicted octanol–water partition coefficient (Wildman–Crippen LogP) is -0.633. The SMILES string of the molecule is NC(=O)CN1CCC([O])CC1. The molecule has 1 amide bonds. The van der Waals surface area contributed by atoms with Crippen LogP contribution >= 0.6 is 0 Å². The molecular weight excluding hydrogens is 144 g/mol. The van der Waals surface area contributed by atoms with E-state index in [-0.39, 0.29) is 5.91 Å². The van der Waals surface area contributed by atoms with Gasteiger partial charge in [-0.25, -0.2) is 5.11 Å². The van der Waals surface area contributed by atoms with Gasteiger partial charge in [-0.3, -0.25) is 9.69 Å². The molecule has 0 aromatic heterocycles. The Morgan fingerprint density at radius 3 is 2.45 bits per heavy atom. The largest absolute Gasteiger partial charge is 0.369 e. The first-order chi connectivity index (χ1) is 5.18. The summed E-state index contributed by atoms with van der Waals surface area (Å²) in [7, 11) is 0. The average molecular weight is 157 g/mol. The van der Waals surface area contributed by atoms with Gasteiger partial charge in [-0.1, -0.05) is 0 Å². The summed E-state index contributed by atoms with van der Waals surface area (Å²) in [6, 6.07) is 0. The van der Waals surface area contributed by atoms with Crippen molar-refractivity contribution in [1.82, 2.24) is 4.90 Å². The number of carbonyl (C=O) groups is 1. The molecule has 1 saturated heterocycles. The van der Waals surface area contributed by atoms with Gasteiger partial charge in [0.05, 0.1) is 12.6 Å². The number of nitrogens with two attached hydrogens (primary N) is 1. The van der Waals surface area contributed by atoms with Crippen LogP contribution in [0.5, 0.6) is 0 Å². The number of primary amides is 1. The molecule has 1 rings (SSSR count). The van der Waals surface area contributed by atoms with Crippen LogP contribution in [0.4, 0.5) is 0 Å². The molecule has 1 aliphatic rings. The van der Waals surface area contributed by atoms with Crippen molar-refractivity contribution in [2.24, 2.45) is 5.73 Å². The van der Waals surface area contributed by atoms with Crippen LogP contribution in [0.3, 0.4) is 0 Å². The van der Waals surface area contributed by atoms with E-state index < -0.39 is 6.10 Å². The number of rotatable bonds is 2. The first-order valence-electron chi connectivity index (χ1n) is 3.85. The van der Waals surface area contributed by atoms with Crippen LogP contribution in [-0.4, -0.2) is 36.5 Å². The van der Waals surface area contributed by atoms with E-state index in [1.54, 1.807) is 0 Å². The number of hydrogen-bond donors (Lipinski definition) is 1. The van der Waals surface area contributed by atoms with Gasteiger partial charge in [0.1, 0.15) is 0 Å². The third kappa shape index (κ3) is 2.86. The van der Waals surface area contributed by atoms with Crippen LogP contribution in [-0.2, 0) is 9.90 Å². The maximum atomic E-state index is 10.8. The third-order valence-electron chi connectivity index (χ3n) is 1.91. The summed E-state index contributed by atoms with van der Waals surface area (Å²) in [5.74, 6) is -0.311. The zero-order chi connectivity index (χ0) is 8.27. The molecule has 0 bridgehead atoms. The van der Waals surface area contributed by atoms with E-state index in [4.69, 9.17) is 5.73 Å². The lowest BCUT2D eigenvalue weighted by Gasteiger charge is -2.26. The molecule has 0 aromatic carbocycles. The van der Waals surface area contributed by atoms with E-state index in [9.17, 15) is 9.90 Å². The topological polar surface area (TPSA) is 66.2 Å². The van der Waals surface area contributed by atoms with Gasteiger partial charge in [0.2, 0.25) is 5.91 Å². The minimum Gasteiger partial charge on any atom is -0.369 e. The molecule has 0 aliphatic carbocycles. The van der Waals surface area contributed by atoms with Crippen molar-refractivity contribution in [3.63, 3.8) is 0 Å². The second-order valence-corrected chi connectivity index (χ2v) is 2.94. The van der Waals surface area contributed by atoms with Crippen molar-refractivity contribution in [2.45, 2.75) is 18.9 Å². The molecule has 0 unspecified atom stereocenters. The van der Waals surface area contributed by atoms with Crippen molar-refractivity contribution in [3.05, 3.63) is 0 Å². The van der Waals surface area contributed by atoms with E-state index in [1.165, 1.54) is 0 Å². The first-order valence-corrected chi connectivity index (χ1v) is 3.85. The lowest BCUT2D eigenvalue weighted by Crippen LogP contribution is -2.40. The summed E-state index contributed by atoms with van der Waals surface area (Å²) in [6.45, 7) is 1.74. The fraction of sp³-hybridized carbons (Fsp3) is 0.857. The molecule has 1 fully saturated rings. The molecule has 1 aliphatic heterocycles. The maximum Gasteiger partial charge on any atom is 0.231 e. The van der Waals surface area contributed by atoms with Crippen LogP contribution in [0.1, 0.15) is 12.8 Å². The van der Waals surface area contributed by atoms with Gasteiger partial charge in [0, 0.05) is 13.1 Å². The summed E-state index contributed by atoms with van der Waals surface area (Å²) < 4.78 is 0. The number of likely N-dealkylation sites (tertiary alicyclic amines) is 1. The molecule has 4 heteroatoms. The Labute approximate surface area is 66.0 Å². The zero-order valence-electron chi connectivity index (χ0n) is 6.45. The summed E-state index contributed by atoms with van der Waals surface area (Å²) in [5.41, 5.74) is 5.00. The zero-order valence-corrected chi connectivity index (χ0v) is 6.45. The highest BCUT2D eigenvalue weighted by molar-refractivity contribution is 5.75. The molecule has 2 N–H and O–H groups in total. The molecule has 0 atom stereocenters. The van der Waals surface area contributed by atoms with Gasteiger partial charge in [0.25, 0.3) is 0 Å². The normalized spacial score (nSPS) is 21.9. The third-order valence-corrected chi connectivity index (χ3v) is 1.91. The van der Waals surface area contributed by atoms with Gasteiger partial charge in [0.15, 0.2) is 0 Å². The van der Waals surface area contributed by atoms with E-state index in [0.29, 0.717) is 19.4 Å². The van der Waals surface area contributed by atoms with Crippen molar-refractivity contribution in [3.8, 4) is 0 Å². The highest BCUT2D eigenvalue weighted by Crippen LogP contribution is 2.09. The predicted molar refractivity (Wildman–Crippen MR) is 39.3 cm³/mol. The molecular formula is C7H13N2O2. The van der Waals surface area contributed by atoms with Gasteiger partial charge in [-0.15, -0.1) is 0 Å². The van der Waals surface area contributed by atoms with Crippen LogP contribution in [0.15, 0.2) is 0 Å². The van der Waals surface area contributed by atoms with Crippen molar-refractivity contribution in [2.75, 3.05) is 19.6 Å². The van der Waals surface area contributed by atoms with Gasteiger partial charge in [-0.05, 0) is 12.8 Å². The smallest absolute Gasteiger partial charge is 0.231 e. The number of nitrogens with zero attached hydrogens (tertiary/aromatic N) is 1. The van der Waals surface area contributed by atoms with Gasteiger partial charge in [-0.2, -0.15) is 0 Å². The van der Waals surface area contributed by atoms with Crippen LogP contribution in [0, 0.1) is 0 Å². The van der Waals surface area contributed by atoms with E-state index in [1.807, 2.05) is 4.90 Å². The van der Waals surface area contributed by atoms with Crippen molar-refractivity contribution < 1.29 is 9.90 Å². The fourth-order valence-electron chi connectivity index (χ4n) is 1.29. The van der Waals surface area contributed by atoms with Crippen molar-refractivity contribution >= 4 is 5.91 Å². The standard InChI is InChI=1S/C7H13N2O2/c8-7(11)5-9-3-1-6(10)2-4-9/h6H,1-5H2,(H2,8,11). The average Bonchev–Trinajstić information content (AvgIpc) is 1.93. The Morgan fingerprint density at radius 2 is 2.00 bits per heavy atom. The summed E-state index contributed by atoms with van der Waals surface area (Å²) in [5, 5.41) is 10.8. The lowest BCUT2D eigenvalue weighted by molar-refractivity contribution is -0.119. The summed E-state index contributed by atoms with van der Waals surface area (Å²) in [4.78, 5) is 12.4. The second kappa shape index (κ2) is 3.69. The molecule has 0 aromatic rings. The minimum absolute atomic E-state index is 0.298. The summed E-state index contributed by atoms with van der Waals surface area (Å²) in [6.07, 6.45) is 0.861. The molecule has 1 radical (unpaired) electrons. The molecule has 0 saturated carbocycles. The number of hydrogen-bond acceptors (Lipinski definition) is 2. The quantitative estimate of drug-likeness (QED) is 0.579. The van der Waals surface area contributed by atoms with E-state index in [2.05, 4.69) is 0 Å². The number of piperidine rings is 1. The Balaban J connectivity index is 2.22. The van der Waals surface area contributed by atoms with Crippen LogP contribution in [0.25, 0.3) is 0 Å². The first kappa shape index (κ1) is 8.49.